The van der Waals surface area contributed by atoms with E-state index in [9.17, 15) is 4.79 Å². The highest BCUT2D eigenvalue weighted by Gasteiger charge is 2.29. The van der Waals surface area contributed by atoms with Crippen LogP contribution in [0.5, 0.6) is 0 Å². The third-order valence-corrected chi connectivity index (χ3v) is 5.73. The highest BCUT2D eigenvalue weighted by molar-refractivity contribution is 5.99. The van der Waals surface area contributed by atoms with E-state index < -0.39 is 0 Å². The first kappa shape index (κ1) is 17.0. The maximum Gasteiger partial charge on any atom is 0.270 e. The second-order valence-electron chi connectivity index (χ2n) is 7.80. The number of benzene rings is 1. The highest BCUT2D eigenvalue weighted by atomic mass is 16.2. The van der Waals surface area contributed by atoms with Crippen LogP contribution in [-0.4, -0.2) is 43.5 Å². The van der Waals surface area contributed by atoms with Crippen LogP contribution in [0.2, 0.25) is 0 Å². The molecule has 1 fully saturated rings. The van der Waals surface area contributed by atoms with E-state index >= 15 is 0 Å². The van der Waals surface area contributed by atoms with Crippen molar-refractivity contribution in [2.24, 2.45) is 0 Å². The zero-order valence-corrected chi connectivity index (χ0v) is 16.1. The Morgan fingerprint density at radius 3 is 2.96 bits per heavy atom. The molecule has 6 nitrogen and oxygen atoms in total. The Bertz CT molecular complexity index is 1190. The van der Waals surface area contributed by atoms with Gasteiger partial charge in [0, 0.05) is 36.1 Å². The van der Waals surface area contributed by atoms with Gasteiger partial charge in [0.05, 0.1) is 0 Å². The average molecular weight is 373 g/mol. The van der Waals surface area contributed by atoms with Gasteiger partial charge in [0.25, 0.3) is 5.91 Å². The van der Waals surface area contributed by atoms with Gasteiger partial charge in [-0.25, -0.2) is 0 Å². The molecule has 1 saturated heterocycles. The molecule has 0 bridgehead atoms. The number of likely N-dealkylation sites (tertiary alicyclic amines) is 1. The lowest BCUT2D eigenvalue weighted by molar-refractivity contribution is 0.0699. The minimum absolute atomic E-state index is 0.0618. The fraction of sp³-hybridized carbons (Fsp3) is 0.318. The molecular formula is C22H23N5O. The molecule has 1 aliphatic rings. The molecule has 0 aliphatic carbocycles. The summed E-state index contributed by atoms with van der Waals surface area (Å²) in [4.78, 5) is 18.5. The summed E-state index contributed by atoms with van der Waals surface area (Å²) >= 11 is 0. The number of carbonyl (C=O) groups excluding carboxylic acids is 1. The number of fused-ring (bicyclic) bond motifs is 2. The number of hydrogen-bond donors (Lipinski definition) is 1. The Morgan fingerprint density at radius 2 is 2.07 bits per heavy atom. The SMILES string of the molecule is Cc1cc(C)c2cc(C(=O)N3CCCC(c4nnc5ccccn45)C3)[nH]c2c1. The van der Waals surface area contributed by atoms with Crippen molar-refractivity contribution >= 4 is 22.5 Å². The van der Waals surface area contributed by atoms with Gasteiger partial charge in [0.1, 0.15) is 11.5 Å². The van der Waals surface area contributed by atoms with Gasteiger partial charge < -0.3 is 9.88 Å². The van der Waals surface area contributed by atoms with E-state index in [-0.39, 0.29) is 11.8 Å². The zero-order chi connectivity index (χ0) is 19.3. The molecule has 1 amide bonds. The van der Waals surface area contributed by atoms with Crippen molar-refractivity contribution in [2.45, 2.75) is 32.6 Å². The predicted octanol–water partition coefficient (Wildman–Crippen LogP) is 3.85. The Morgan fingerprint density at radius 1 is 1.18 bits per heavy atom. The molecular weight excluding hydrogens is 350 g/mol. The Kier molecular flexibility index (Phi) is 3.93. The lowest BCUT2D eigenvalue weighted by Gasteiger charge is -2.31. The molecule has 1 atom stereocenters. The molecule has 0 saturated carbocycles. The summed E-state index contributed by atoms with van der Waals surface area (Å²) in [6, 6.07) is 12.1. The van der Waals surface area contributed by atoms with E-state index in [1.165, 1.54) is 11.1 Å². The number of H-pyrrole nitrogens is 1. The minimum atomic E-state index is 0.0618. The standard InChI is InChI=1S/C22H23N5O/c1-14-10-15(2)17-12-19(23-18(17)11-14)22(28)26-8-5-6-16(13-26)21-25-24-20-7-3-4-9-27(20)21/h3-4,7,9-12,16,23H,5-6,8,13H2,1-2H3. The quantitative estimate of drug-likeness (QED) is 0.580. The number of aromatic amines is 1. The molecule has 1 unspecified atom stereocenters. The number of nitrogens with zero attached hydrogens (tertiary/aromatic N) is 4. The lowest BCUT2D eigenvalue weighted by atomic mass is 9.97. The van der Waals surface area contributed by atoms with Crippen LogP contribution in [0.1, 0.15) is 46.2 Å². The first-order chi connectivity index (χ1) is 13.6. The van der Waals surface area contributed by atoms with E-state index in [0.717, 1.165) is 41.8 Å². The number of rotatable bonds is 2. The number of amides is 1. The van der Waals surface area contributed by atoms with Crippen LogP contribution in [0.15, 0.2) is 42.6 Å². The van der Waals surface area contributed by atoms with Crippen molar-refractivity contribution in [1.29, 1.82) is 0 Å². The molecule has 28 heavy (non-hydrogen) atoms. The largest absolute Gasteiger partial charge is 0.351 e. The van der Waals surface area contributed by atoms with E-state index in [1.807, 2.05) is 39.8 Å². The number of hydrogen-bond acceptors (Lipinski definition) is 3. The third kappa shape index (κ3) is 2.76. The summed E-state index contributed by atoms with van der Waals surface area (Å²) < 4.78 is 2.04. The average Bonchev–Trinajstić information content (AvgIpc) is 3.32. The van der Waals surface area contributed by atoms with Crippen LogP contribution in [0.3, 0.4) is 0 Å². The van der Waals surface area contributed by atoms with E-state index in [0.29, 0.717) is 12.2 Å². The fourth-order valence-corrected chi connectivity index (χ4v) is 4.40. The summed E-state index contributed by atoms with van der Waals surface area (Å²) in [5.74, 6) is 1.20. The van der Waals surface area contributed by atoms with Gasteiger partial charge in [-0.3, -0.25) is 9.20 Å². The smallest absolute Gasteiger partial charge is 0.270 e. The van der Waals surface area contributed by atoms with Crippen LogP contribution in [0.25, 0.3) is 16.6 Å². The van der Waals surface area contributed by atoms with Crippen molar-refractivity contribution in [1.82, 2.24) is 24.5 Å². The number of nitrogens with one attached hydrogen (secondary N) is 1. The number of aromatic nitrogens is 4. The fourth-order valence-electron chi connectivity index (χ4n) is 4.40. The third-order valence-electron chi connectivity index (χ3n) is 5.73. The topological polar surface area (TPSA) is 66.3 Å². The molecule has 4 heterocycles. The molecule has 142 valence electrons. The second kappa shape index (κ2) is 6.48. The number of pyridine rings is 1. The summed E-state index contributed by atoms with van der Waals surface area (Å²) in [6.45, 7) is 5.61. The first-order valence-corrected chi connectivity index (χ1v) is 9.79. The monoisotopic (exact) mass is 373 g/mol. The highest BCUT2D eigenvalue weighted by Crippen LogP contribution is 2.28. The van der Waals surface area contributed by atoms with Crippen molar-refractivity contribution in [2.75, 3.05) is 13.1 Å². The van der Waals surface area contributed by atoms with E-state index in [4.69, 9.17) is 0 Å². The van der Waals surface area contributed by atoms with Gasteiger partial charge >= 0.3 is 0 Å². The summed E-state index contributed by atoms with van der Waals surface area (Å²) in [5.41, 5.74) is 4.93. The molecule has 5 rings (SSSR count). The van der Waals surface area contributed by atoms with E-state index in [1.54, 1.807) is 0 Å². The number of aryl methyl sites for hydroxylation is 2. The van der Waals surface area contributed by atoms with Gasteiger partial charge in [-0.2, -0.15) is 0 Å². The van der Waals surface area contributed by atoms with Crippen LogP contribution in [0, 0.1) is 13.8 Å². The van der Waals surface area contributed by atoms with Gasteiger partial charge in [0.2, 0.25) is 0 Å². The molecule has 0 spiro atoms. The maximum absolute atomic E-state index is 13.2. The van der Waals surface area contributed by atoms with Crippen molar-refractivity contribution in [3.8, 4) is 0 Å². The molecule has 3 aromatic heterocycles. The molecule has 0 radical (unpaired) electrons. The van der Waals surface area contributed by atoms with Gasteiger partial charge in [-0.1, -0.05) is 12.1 Å². The van der Waals surface area contributed by atoms with Crippen molar-refractivity contribution < 1.29 is 4.79 Å². The van der Waals surface area contributed by atoms with Crippen LogP contribution < -0.4 is 0 Å². The molecule has 6 heteroatoms. The number of piperidine rings is 1. The summed E-state index contributed by atoms with van der Waals surface area (Å²) in [6.07, 6.45) is 3.98. The van der Waals surface area contributed by atoms with E-state index in [2.05, 4.69) is 41.2 Å². The second-order valence-corrected chi connectivity index (χ2v) is 7.80. The first-order valence-electron chi connectivity index (χ1n) is 9.79. The Balaban J connectivity index is 1.43. The molecule has 1 N–H and O–H groups in total. The Hall–Kier alpha value is -3.15. The van der Waals surface area contributed by atoms with Gasteiger partial charge in [0.15, 0.2) is 5.65 Å². The minimum Gasteiger partial charge on any atom is -0.351 e. The van der Waals surface area contributed by atoms with Gasteiger partial charge in [-0.15, -0.1) is 10.2 Å². The lowest BCUT2D eigenvalue weighted by Crippen LogP contribution is -2.39. The predicted molar refractivity (Wildman–Crippen MR) is 109 cm³/mol. The van der Waals surface area contributed by atoms with Crippen molar-refractivity contribution in [3.63, 3.8) is 0 Å². The van der Waals surface area contributed by atoms with Gasteiger partial charge in [-0.05, 0) is 62.1 Å². The molecule has 1 aliphatic heterocycles. The summed E-state index contributed by atoms with van der Waals surface area (Å²) in [7, 11) is 0. The van der Waals surface area contributed by atoms with Crippen LogP contribution in [0.4, 0.5) is 0 Å². The normalized spacial score (nSPS) is 17.5. The zero-order valence-electron chi connectivity index (χ0n) is 16.1. The Labute approximate surface area is 163 Å². The molecule has 4 aromatic rings. The van der Waals surface area contributed by atoms with Crippen LogP contribution >= 0.6 is 0 Å². The number of carbonyl (C=O) groups is 1. The maximum atomic E-state index is 13.2. The van der Waals surface area contributed by atoms with Crippen LogP contribution in [-0.2, 0) is 0 Å². The molecule has 1 aromatic carbocycles. The van der Waals surface area contributed by atoms with Crippen molar-refractivity contribution in [3.05, 3.63) is 65.2 Å². The summed E-state index contributed by atoms with van der Waals surface area (Å²) in [5, 5.41) is 9.80.